The molecule has 9 nitrogen and oxygen atoms in total. The van der Waals surface area contributed by atoms with Crippen molar-refractivity contribution < 1.29 is 28.2 Å². The van der Waals surface area contributed by atoms with Crippen molar-refractivity contribution in [3.05, 3.63) is 103 Å². The SMILES string of the molecule is Cc1c(F)cccc1-n1ncc2c(O[C@@](C)(COCCO[Si](c3ccccc3)(c3ccccc3)C(C)(C)C)C(=O)O)ncnc21. The van der Waals surface area contributed by atoms with E-state index in [9.17, 15) is 14.3 Å². The minimum atomic E-state index is -2.77. The molecule has 0 aliphatic heterocycles. The van der Waals surface area contributed by atoms with Gasteiger partial charge in [0.1, 0.15) is 17.5 Å². The lowest BCUT2D eigenvalue weighted by Gasteiger charge is -2.43. The van der Waals surface area contributed by atoms with E-state index in [-0.39, 0.29) is 36.6 Å². The summed E-state index contributed by atoms with van der Waals surface area (Å²) in [6.45, 7) is 9.77. The Kier molecular flexibility index (Phi) is 9.15. The second kappa shape index (κ2) is 12.9. The summed E-state index contributed by atoms with van der Waals surface area (Å²) >= 11 is 0. The van der Waals surface area contributed by atoms with Gasteiger partial charge in [0.25, 0.3) is 8.32 Å². The van der Waals surface area contributed by atoms with Gasteiger partial charge in [0.2, 0.25) is 11.5 Å². The van der Waals surface area contributed by atoms with Gasteiger partial charge in [-0.1, -0.05) is 87.5 Å². The quantitative estimate of drug-likeness (QED) is 0.151. The molecule has 3 aromatic carbocycles. The minimum absolute atomic E-state index is 0.0253. The van der Waals surface area contributed by atoms with Crippen LogP contribution in [0.2, 0.25) is 5.04 Å². The minimum Gasteiger partial charge on any atom is -0.478 e. The van der Waals surface area contributed by atoms with E-state index >= 15 is 0 Å². The van der Waals surface area contributed by atoms with Crippen molar-refractivity contribution in [2.75, 3.05) is 19.8 Å². The molecule has 0 saturated heterocycles. The van der Waals surface area contributed by atoms with E-state index in [1.165, 1.54) is 30.2 Å². The van der Waals surface area contributed by atoms with Crippen LogP contribution in [0.5, 0.6) is 5.88 Å². The molecule has 45 heavy (non-hydrogen) atoms. The highest BCUT2D eigenvalue weighted by Gasteiger charge is 2.50. The molecular weight excluding hydrogens is 591 g/mol. The number of nitrogens with zero attached hydrogens (tertiary/aromatic N) is 4. The smallest absolute Gasteiger partial charge is 0.350 e. The van der Waals surface area contributed by atoms with Crippen molar-refractivity contribution in [2.45, 2.75) is 45.3 Å². The largest absolute Gasteiger partial charge is 0.478 e. The van der Waals surface area contributed by atoms with Gasteiger partial charge < -0.3 is 19.0 Å². The van der Waals surface area contributed by atoms with Gasteiger partial charge in [-0.3, -0.25) is 0 Å². The summed E-state index contributed by atoms with van der Waals surface area (Å²) in [7, 11) is -2.77. The first kappa shape index (κ1) is 32.0. The fourth-order valence-electron chi connectivity index (χ4n) is 5.54. The first-order chi connectivity index (χ1) is 21.5. The predicted octanol–water partition coefficient (Wildman–Crippen LogP) is 5.08. The molecule has 0 spiro atoms. The molecule has 234 valence electrons. The number of rotatable bonds is 12. The maximum Gasteiger partial charge on any atom is 0.350 e. The van der Waals surface area contributed by atoms with E-state index < -0.39 is 19.9 Å². The van der Waals surface area contributed by atoms with Crippen LogP contribution in [-0.2, 0) is 14.0 Å². The summed E-state index contributed by atoms with van der Waals surface area (Å²) in [5.41, 5.74) is -0.538. The highest BCUT2D eigenvalue weighted by Crippen LogP contribution is 2.36. The third-order valence-electron chi connectivity index (χ3n) is 7.91. The van der Waals surface area contributed by atoms with Crippen LogP contribution >= 0.6 is 0 Å². The number of carboxylic acid groups (broad SMARTS) is 1. The van der Waals surface area contributed by atoms with E-state index in [0.29, 0.717) is 22.3 Å². The number of carbonyl (C=O) groups is 1. The van der Waals surface area contributed by atoms with E-state index in [4.69, 9.17) is 13.9 Å². The molecule has 0 aliphatic rings. The number of carboxylic acids is 1. The second-order valence-electron chi connectivity index (χ2n) is 12.1. The summed E-state index contributed by atoms with van der Waals surface area (Å²) in [6, 6.07) is 25.2. The number of ether oxygens (including phenoxy) is 2. The zero-order valence-electron chi connectivity index (χ0n) is 26.0. The third-order valence-corrected chi connectivity index (χ3v) is 13.0. The fraction of sp³-hybridized carbons (Fsp3) is 0.294. The van der Waals surface area contributed by atoms with Crippen molar-refractivity contribution in [3.8, 4) is 11.6 Å². The van der Waals surface area contributed by atoms with Gasteiger partial charge in [0, 0.05) is 5.56 Å². The molecule has 2 aromatic heterocycles. The van der Waals surface area contributed by atoms with Crippen LogP contribution in [0.3, 0.4) is 0 Å². The lowest BCUT2D eigenvalue weighted by molar-refractivity contribution is -0.159. The van der Waals surface area contributed by atoms with Crippen LogP contribution in [0.25, 0.3) is 16.7 Å². The van der Waals surface area contributed by atoms with Gasteiger partial charge in [-0.15, -0.1) is 0 Å². The molecule has 0 aliphatic carbocycles. The van der Waals surface area contributed by atoms with E-state index in [0.717, 1.165) is 10.4 Å². The normalized spacial score (nSPS) is 13.5. The van der Waals surface area contributed by atoms with Gasteiger partial charge in [-0.25, -0.2) is 23.8 Å². The Bertz CT molecular complexity index is 1740. The number of benzene rings is 3. The zero-order chi connectivity index (χ0) is 32.2. The van der Waals surface area contributed by atoms with Gasteiger partial charge in [0.05, 0.1) is 31.7 Å². The summed E-state index contributed by atoms with van der Waals surface area (Å²) < 4.78 is 34.5. The highest BCUT2D eigenvalue weighted by atomic mass is 28.4. The lowest BCUT2D eigenvalue weighted by atomic mass is 10.1. The molecular formula is C34H37FN4O5Si. The standard InChI is InChI=1S/C34H37FN4O5Si/c1-24-28(35)17-12-18-29(24)39-30-27(21-38-39)31(37-23-36-30)44-34(5,32(40)41)22-42-19-20-43-45(33(2,3)4,25-13-8-6-9-14-25)26-15-10-7-11-16-26/h6-18,21,23H,19-20,22H2,1-5H3,(H,40,41)/t34-/m0/s1. The molecule has 11 heteroatoms. The van der Waals surface area contributed by atoms with Crippen LogP contribution in [0.4, 0.5) is 4.39 Å². The Balaban J connectivity index is 1.33. The molecule has 1 N–H and O–H groups in total. The summed E-state index contributed by atoms with van der Waals surface area (Å²) in [6.07, 6.45) is 2.72. The van der Waals surface area contributed by atoms with Crippen LogP contribution < -0.4 is 15.1 Å². The Labute approximate surface area is 262 Å². The predicted molar refractivity (Wildman–Crippen MR) is 172 cm³/mol. The Hall–Kier alpha value is -4.45. The van der Waals surface area contributed by atoms with Gasteiger partial charge in [-0.2, -0.15) is 5.10 Å². The van der Waals surface area contributed by atoms with Gasteiger partial charge in [0.15, 0.2) is 5.65 Å². The van der Waals surface area contributed by atoms with E-state index in [1.54, 1.807) is 19.1 Å². The molecule has 0 radical (unpaired) electrons. The van der Waals surface area contributed by atoms with Crippen LogP contribution in [-0.4, -0.2) is 64.6 Å². The molecule has 1 atom stereocenters. The first-order valence-corrected chi connectivity index (χ1v) is 16.6. The van der Waals surface area contributed by atoms with Crippen LogP contribution in [0, 0.1) is 12.7 Å². The summed E-state index contributed by atoms with van der Waals surface area (Å²) in [5.74, 6) is -1.58. The van der Waals surface area contributed by atoms with Crippen LogP contribution in [0.1, 0.15) is 33.3 Å². The second-order valence-corrected chi connectivity index (χ2v) is 16.4. The molecule has 5 aromatic rings. The van der Waals surface area contributed by atoms with Crippen molar-refractivity contribution in [1.82, 2.24) is 19.7 Å². The number of aromatic nitrogens is 4. The van der Waals surface area contributed by atoms with Gasteiger partial charge in [-0.05, 0) is 41.4 Å². The topological polar surface area (TPSA) is 109 Å². The molecule has 5 rings (SSSR count). The number of hydrogen-bond donors (Lipinski definition) is 1. The average molecular weight is 629 g/mol. The van der Waals surface area contributed by atoms with Crippen molar-refractivity contribution >= 4 is 35.7 Å². The maximum absolute atomic E-state index is 14.2. The third kappa shape index (κ3) is 6.24. The summed E-state index contributed by atoms with van der Waals surface area (Å²) in [4.78, 5) is 21.0. The zero-order valence-corrected chi connectivity index (χ0v) is 27.0. The molecule has 2 heterocycles. The van der Waals surface area contributed by atoms with E-state index in [1.807, 2.05) is 36.4 Å². The van der Waals surface area contributed by atoms with E-state index in [2.05, 4.69) is 60.1 Å². The Morgan fingerprint density at radius 2 is 1.56 bits per heavy atom. The van der Waals surface area contributed by atoms with Gasteiger partial charge >= 0.3 is 5.97 Å². The first-order valence-electron chi connectivity index (χ1n) is 14.7. The molecule has 0 saturated carbocycles. The van der Waals surface area contributed by atoms with Crippen molar-refractivity contribution in [2.24, 2.45) is 0 Å². The number of fused-ring (bicyclic) bond motifs is 1. The maximum atomic E-state index is 14.2. The van der Waals surface area contributed by atoms with Crippen molar-refractivity contribution in [1.29, 1.82) is 0 Å². The molecule has 0 fully saturated rings. The summed E-state index contributed by atoms with van der Waals surface area (Å²) in [5, 5.41) is 17.0. The molecule has 0 bridgehead atoms. The van der Waals surface area contributed by atoms with Crippen LogP contribution in [0.15, 0.2) is 91.4 Å². The number of hydrogen-bond acceptors (Lipinski definition) is 7. The fourth-order valence-corrected chi connectivity index (χ4v) is 10.1. The number of aliphatic carboxylic acids is 1. The Morgan fingerprint density at radius 3 is 2.16 bits per heavy atom. The highest BCUT2D eigenvalue weighted by molar-refractivity contribution is 6.99. The number of halogens is 1. The molecule has 0 amide bonds. The Morgan fingerprint density at radius 1 is 0.911 bits per heavy atom. The monoisotopic (exact) mass is 628 g/mol. The van der Waals surface area contributed by atoms with Crippen molar-refractivity contribution in [3.63, 3.8) is 0 Å². The lowest BCUT2D eigenvalue weighted by Crippen LogP contribution is -2.66. The molecule has 0 unspecified atom stereocenters. The average Bonchev–Trinajstić information content (AvgIpc) is 3.45.